The molecule has 2 heterocycles. The Kier molecular flexibility index (Phi) is 4.66. The van der Waals surface area contributed by atoms with Gasteiger partial charge in [-0.2, -0.15) is 4.98 Å². The van der Waals surface area contributed by atoms with E-state index in [4.69, 9.17) is 0 Å². The molecule has 0 bridgehead atoms. The number of nitrogens with one attached hydrogen (secondary N) is 2. The molecule has 0 saturated heterocycles. The van der Waals surface area contributed by atoms with Crippen molar-refractivity contribution in [3.05, 3.63) is 78.6 Å². The van der Waals surface area contributed by atoms with Gasteiger partial charge in [-0.3, -0.25) is 4.98 Å². The third-order valence-electron chi connectivity index (χ3n) is 4.38. The molecule has 134 valence electrons. The first-order valence-electron chi connectivity index (χ1n) is 9.00. The third kappa shape index (κ3) is 3.87. The highest BCUT2D eigenvalue weighted by molar-refractivity contribution is 5.91. The molecule has 2 N–H and O–H groups in total. The Morgan fingerprint density at radius 2 is 1.59 bits per heavy atom. The first-order valence-corrected chi connectivity index (χ1v) is 9.00. The molecule has 27 heavy (non-hydrogen) atoms. The van der Waals surface area contributed by atoms with E-state index in [9.17, 15) is 0 Å². The molecule has 5 nitrogen and oxygen atoms in total. The minimum absolute atomic E-state index is 0.511. The summed E-state index contributed by atoms with van der Waals surface area (Å²) in [6, 6.07) is 20.2. The monoisotopic (exact) mass is 355 g/mol. The lowest BCUT2D eigenvalue weighted by atomic mass is 10.0. The van der Waals surface area contributed by atoms with Crippen molar-refractivity contribution in [1.29, 1.82) is 0 Å². The molecule has 5 heteroatoms. The smallest absolute Gasteiger partial charge is 0.229 e. The highest BCUT2D eigenvalue weighted by Gasteiger charge is 2.05. The van der Waals surface area contributed by atoms with Crippen molar-refractivity contribution >= 4 is 34.0 Å². The van der Waals surface area contributed by atoms with E-state index in [1.807, 2.05) is 48.5 Å². The maximum Gasteiger partial charge on any atom is 0.229 e. The summed E-state index contributed by atoms with van der Waals surface area (Å²) < 4.78 is 0. The van der Waals surface area contributed by atoms with Crippen LogP contribution in [0.1, 0.15) is 25.3 Å². The molecule has 0 aliphatic rings. The van der Waals surface area contributed by atoms with Crippen molar-refractivity contribution in [3.8, 4) is 0 Å². The van der Waals surface area contributed by atoms with Gasteiger partial charge >= 0.3 is 0 Å². The van der Waals surface area contributed by atoms with Gasteiger partial charge in [0.2, 0.25) is 5.95 Å². The van der Waals surface area contributed by atoms with Gasteiger partial charge in [-0.25, -0.2) is 4.98 Å². The van der Waals surface area contributed by atoms with Gasteiger partial charge in [-0.1, -0.05) is 44.2 Å². The lowest BCUT2D eigenvalue weighted by Crippen LogP contribution is -2.01. The number of benzene rings is 2. The van der Waals surface area contributed by atoms with Crippen molar-refractivity contribution in [2.75, 3.05) is 10.6 Å². The minimum Gasteiger partial charge on any atom is -0.338 e. The Morgan fingerprint density at radius 3 is 2.41 bits per heavy atom. The van der Waals surface area contributed by atoms with Gasteiger partial charge < -0.3 is 10.6 Å². The van der Waals surface area contributed by atoms with Crippen LogP contribution in [-0.4, -0.2) is 15.0 Å². The van der Waals surface area contributed by atoms with Gasteiger partial charge in [0.25, 0.3) is 0 Å². The Balaban J connectivity index is 1.55. The summed E-state index contributed by atoms with van der Waals surface area (Å²) in [5.41, 5.74) is 4.10. The van der Waals surface area contributed by atoms with Crippen LogP contribution in [0.15, 0.2) is 73.1 Å². The molecular formula is C22H21N5. The summed E-state index contributed by atoms with van der Waals surface area (Å²) >= 11 is 0. The van der Waals surface area contributed by atoms with Gasteiger partial charge in [0.05, 0.1) is 11.2 Å². The van der Waals surface area contributed by atoms with E-state index in [1.54, 1.807) is 12.4 Å². The molecule has 0 aliphatic carbocycles. The molecule has 0 fully saturated rings. The SMILES string of the molecule is CC(C)c1ccc(Nc2nccc(Nc3cccc4cccnc34)n2)cc1. The first kappa shape index (κ1) is 17.0. The zero-order chi connectivity index (χ0) is 18.6. The quantitative estimate of drug-likeness (QED) is 0.485. The highest BCUT2D eigenvalue weighted by Crippen LogP contribution is 2.24. The lowest BCUT2D eigenvalue weighted by Gasteiger charge is -2.11. The first-order chi connectivity index (χ1) is 13.2. The molecule has 0 saturated carbocycles. The van der Waals surface area contributed by atoms with Crippen molar-refractivity contribution in [1.82, 2.24) is 15.0 Å². The number of anilines is 4. The van der Waals surface area contributed by atoms with E-state index < -0.39 is 0 Å². The number of aromatic nitrogens is 3. The van der Waals surface area contributed by atoms with E-state index >= 15 is 0 Å². The fourth-order valence-corrected chi connectivity index (χ4v) is 2.91. The van der Waals surface area contributed by atoms with Gasteiger partial charge in [0.1, 0.15) is 5.82 Å². The Labute approximate surface area is 158 Å². The molecule has 2 aromatic carbocycles. The lowest BCUT2D eigenvalue weighted by molar-refractivity contribution is 0.867. The van der Waals surface area contributed by atoms with Gasteiger partial charge in [0, 0.05) is 23.5 Å². The molecule has 0 unspecified atom stereocenters. The van der Waals surface area contributed by atoms with Crippen molar-refractivity contribution in [2.45, 2.75) is 19.8 Å². The standard InChI is InChI=1S/C22H21N5/c1-15(2)16-8-10-18(11-9-16)25-22-24-14-12-20(27-22)26-19-7-3-5-17-6-4-13-23-21(17)19/h3-15H,1-2H3,(H2,24,25,26,27). The second kappa shape index (κ2) is 7.41. The van der Waals surface area contributed by atoms with Gasteiger partial charge in [-0.15, -0.1) is 0 Å². The van der Waals surface area contributed by atoms with E-state index in [2.05, 4.69) is 51.6 Å². The Morgan fingerprint density at radius 1 is 0.778 bits per heavy atom. The number of rotatable bonds is 5. The number of fused-ring (bicyclic) bond motifs is 1. The van der Waals surface area contributed by atoms with E-state index in [0.29, 0.717) is 17.7 Å². The fraction of sp³-hybridized carbons (Fsp3) is 0.136. The van der Waals surface area contributed by atoms with Gasteiger partial charge in [0.15, 0.2) is 0 Å². The van der Waals surface area contributed by atoms with E-state index in [0.717, 1.165) is 22.3 Å². The average Bonchev–Trinajstić information content (AvgIpc) is 2.69. The van der Waals surface area contributed by atoms with E-state index in [-0.39, 0.29) is 0 Å². The molecule has 4 rings (SSSR count). The van der Waals surface area contributed by atoms with E-state index in [1.165, 1.54) is 5.56 Å². The molecule has 4 aromatic rings. The zero-order valence-corrected chi connectivity index (χ0v) is 15.3. The molecule has 0 aliphatic heterocycles. The summed E-state index contributed by atoms with van der Waals surface area (Å²) in [5, 5.41) is 7.68. The summed E-state index contributed by atoms with van der Waals surface area (Å²) in [6.45, 7) is 4.37. The Hall–Kier alpha value is -3.47. The van der Waals surface area contributed by atoms with Crippen LogP contribution < -0.4 is 10.6 Å². The number of hydrogen-bond acceptors (Lipinski definition) is 5. The van der Waals surface area contributed by atoms with Crippen LogP contribution in [0, 0.1) is 0 Å². The van der Waals surface area contributed by atoms with Crippen molar-refractivity contribution < 1.29 is 0 Å². The third-order valence-corrected chi connectivity index (χ3v) is 4.38. The molecule has 0 atom stereocenters. The molecule has 0 amide bonds. The van der Waals surface area contributed by atoms with Crippen LogP contribution in [0.4, 0.5) is 23.1 Å². The number of nitrogens with zero attached hydrogens (tertiary/aromatic N) is 3. The van der Waals surface area contributed by atoms with Crippen molar-refractivity contribution in [2.24, 2.45) is 0 Å². The maximum absolute atomic E-state index is 4.57. The second-order valence-corrected chi connectivity index (χ2v) is 6.67. The van der Waals surface area contributed by atoms with Crippen LogP contribution in [0.5, 0.6) is 0 Å². The predicted molar refractivity (Wildman–Crippen MR) is 111 cm³/mol. The average molecular weight is 355 g/mol. The van der Waals surface area contributed by atoms with Gasteiger partial charge in [-0.05, 0) is 41.8 Å². The maximum atomic E-state index is 4.57. The Bertz CT molecular complexity index is 1050. The molecular weight excluding hydrogens is 334 g/mol. The normalized spacial score (nSPS) is 10.9. The molecule has 0 spiro atoms. The number of hydrogen-bond donors (Lipinski definition) is 2. The van der Waals surface area contributed by atoms with Crippen LogP contribution in [0.25, 0.3) is 10.9 Å². The molecule has 2 aromatic heterocycles. The predicted octanol–water partition coefficient (Wildman–Crippen LogP) is 5.64. The zero-order valence-electron chi connectivity index (χ0n) is 15.3. The summed E-state index contributed by atoms with van der Waals surface area (Å²) in [4.78, 5) is 13.4. The minimum atomic E-state index is 0.511. The summed E-state index contributed by atoms with van der Waals surface area (Å²) in [5.74, 6) is 1.77. The fourth-order valence-electron chi connectivity index (χ4n) is 2.91. The number of pyridine rings is 1. The highest BCUT2D eigenvalue weighted by atomic mass is 15.1. The van der Waals surface area contributed by atoms with Crippen molar-refractivity contribution in [3.63, 3.8) is 0 Å². The molecule has 0 radical (unpaired) electrons. The van der Waals surface area contributed by atoms with Crippen LogP contribution in [0.3, 0.4) is 0 Å². The summed E-state index contributed by atoms with van der Waals surface area (Å²) in [6.07, 6.45) is 3.53. The topological polar surface area (TPSA) is 62.7 Å². The second-order valence-electron chi connectivity index (χ2n) is 6.67. The van der Waals surface area contributed by atoms with Crippen LogP contribution in [-0.2, 0) is 0 Å². The van der Waals surface area contributed by atoms with Crippen LogP contribution >= 0.6 is 0 Å². The largest absolute Gasteiger partial charge is 0.338 e. The van der Waals surface area contributed by atoms with Crippen LogP contribution in [0.2, 0.25) is 0 Å². The summed E-state index contributed by atoms with van der Waals surface area (Å²) in [7, 11) is 0. The number of para-hydroxylation sites is 1.